The molecule has 1 fully saturated rings. The lowest BCUT2D eigenvalue weighted by atomic mass is 9.55. The molecule has 332 valence electrons. The van der Waals surface area contributed by atoms with E-state index in [9.17, 15) is 29.5 Å². The first-order chi connectivity index (χ1) is 30.7. The summed E-state index contributed by atoms with van der Waals surface area (Å²) in [5.41, 5.74) is 3.68. The third kappa shape index (κ3) is 10.1. The highest BCUT2D eigenvalue weighted by Crippen LogP contribution is 2.62. The number of allylic oxidation sites excluding steroid dienone is 1. The minimum absolute atomic E-state index is 0.0152. The number of nitro benzene ring substituents is 1. The molecule has 1 saturated carbocycles. The summed E-state index contributed by atoms with van der Waals surface area (Å²) in [7, 11) is 1.31. The zero-order valence-corrected chi connectivity index (χ0v) is 35.4. The van der Waals surface area contributed by atoms with Crippen LogP contribution in [0, 0.1) is 33.7 Å². The highest BCUT2D eigenvalue weighted by atomic mass is 19.1. The summed E-state index contributed by atoms with van der Waals surface area (Å²) in [4.78, 5) is 33.1. The Morgan fingerprint density at radius 2 is 1.71 bits per heavy atom. The van der Waals surface area contributed by atoms with Crippen molar-refractivity contribution in [2.75, 3.05) is 26.9 Å². The van der Waals surface area contributed by atoms with Gasteiger partial charge in [-0.05, 0) is 90.6 Å². The van der Waals surface area contributed by atoms with E-state index < -0.39 is 34.6 Å². The molecule has 4 aromatic carbocycles. The normalized spacial score (nSPS) is 22.8. The number of carbonyl (C=O) groups excluding carboxylic acids is 1. The van der Waals surface area contributed by atoms with Gasteiger partial charge in [-0.3, -0.25) is 15.0 Å². The van der Waals surface area contributed by atoms with E-state index in [0.29, 0.717) is 48.5 Å². The molecule has 0 unspecified atom stereocenters. The van der Waals surface area contributed by atoms with Crippen LogP contribution in [0.1, 0.15) is 67.6 Å². The first kappa shape index (κ1) is 44.9. The summed E-state index contributed by atoms with van der Waals surface area (Å²) in [6, 6.07) is 26.1. The van der Waals surface area contributed by atoms with Crippen molar-refractivity contribution in [2.24, 2.45) is 22.9 Å². The number of aliphatic hydroxyl groups excluding tert-OH is 2. The van der Waals surface area contributed by atoms with Crippen LogP contribution in [0.3, 0.4) is 0 Å². The molecule has 4 aromatic rings. The third-order valence-corrected chi connectivity index (χ3v) is 12.2. The summed E-state index contributed by atoms with van der Waals surface area (Å²) in [5.74, 6) is -1.86. The molecule has 1 heterocycles. The van der Waals surface area contributed by atoms with Gasteiger partial charge >= 0.3 is 6.09 Å². The van der Waals surface area contributed by atoms with Gasteiger partial charge in [-0.15, -0.1) is 6.58 Å². The van der Waals surface area contributed by atoms with E-state index in [1.807, 2.05) is 36.4 Å². The number of nitro groups is 1. The van der Waals surface area contributed by atoms with E-state index >= 15 is 0 Å². The quantitative estimate of drug-likeness (QED) is 0.0379. The van der Waals surface area contributed by atoms with Gasteiger partial charge in [0.1, 0.15) is 35.7 Å². The lowest BCUT2D eigenvalue weighted by Crippen LogP contribution is -2.70. The van der Waals surface area contributed by atoms with Gasteiger partial charge in [0.05, 0.1) is 36.3 Å². The van der Waals surface area contributed by atoms with E-state index in [1.54, 1.807) is 47.4 Å². The number of aliphatic hydroxyl groups is 2. The second-order valence-electron chi connectivity index (χ2n) is 16.1. The van der Waals surface area contributed by atoms with Crippen LogP contribution >= 0.6 is 0 Å². The van der Waals surface area contributed by atoms with Crippen LogP contribution in [0.25, 0.3) is 0 Å². The SMILES string of the molecule is C=CCO[C@@]12Oc3ccc(Oc4cccc([N+](=O)[O-])c4)cc3[C@H]3[C@H](CCCCO)[C@@H](CCCCO)C=C(C(=NOCc4ccccc4)C[C@@H]1N(Cc1ccc(F)cc1)C(=O)OC)[C@H]32. The number of oxime groups is 1. The van der Waals surface area contributed by atoms with Crippen LogP contribution in [0.2, 0.25) is 0 Å². The molecule has 13 nitrogen and oxygen atoms in total. The van der Waals surface area contributed by atoms with E-state index in [0.717, 1.165) is 29.5 Å². The molecule has 63 heavy (non-hydrogen) atoms. The molecule has 0 radical (unpaired) electrons. The maximum absolute atomic E-state index is 14.2. The van der Waals surface area contributed by atoms with Crippen molar-refractivity contribution in [1.82, 2.24) is 4.90 Å². The molecular formula is C49H54FN3O10. The fraction of sp³-hybridized carbons (Fsp3) is 0.388. The van der Waals surface area contributed by atoms with Crippen LogP contribution < -0.4 is 9.47 Å². The van der Waals surface area contributed by atoms with Crippen molar-refractivity contribution in [1.29, 1.82) is 0 Å². The number of nitrogens with zero attached hydrogens (tertiary/aromatic N) is 3. The smallest absolute Gasteiger partial charge is 0.410 e. The Kier molecular flexibility index (Phi) is 14.9. The molecule has 1 aliphatic heterocycles. The third-order valence-electron chi connectivity index (χ3n) is 12.2. The minimum atomic E-state index is -1.57. The number of hydrogen-bond donors (Lipinski definition) is 2. The van der Waals surface area contributed by atoms with Crippen molar-refractivity contribution in [2.45, 2.75) is 75.8 Å². The number of benzene rings is 4. The van der Waals surface area contributed by atoms with Crippen molar-refractivity contribution in [3.8, 4) is 17.2 Å². The Morgan fingerprint density at radius 1 is 0.968 bits per heavy atom. The van der Waals surface area contributed by atoms with Crippen LogP contribution in [0.15, 0.2) is 127 Å². The average Bonchev–Trinajstić information content (AvgIpc) is 3.30. The fourth-order valence-electron chi connectivity index (χ4n) is 9.47. The predicted molar refractivity (Wildman–Crippen MR) is 234 cm³/mol. The molecule has 6 atom stereocenters. The molecule has 7 rings (SSSR count). The Bertz CT molecular complexity index is 2270. The van der Waals surface area contributed by atoms with E-state index in [-0.39, 0.29) is 68.6 Å². The van der Waals surface area contributed by atoms with Gasteiger partial charge in [-0.2, -0.15) is 0 Å². The van der Waals surface area contributed by atoms with Crippen molar-refractivity contribution in [3.05, 3.63) is 154 Å². The molecule has 3 aliphatic rings. The van der Waals surface area contributed by atoms with E-state index in [2.05, 4.69) is 12.7 Å². The van der Waals surface area contributed by atoms with Crippen molar-refractivity contribution < 1.29 is 48.1 Å². The molecule has 0 bridgehead atoms. The number of unbranched alkanes of at least 4 members (excludes halogenated alkanes) is 2. The van der Waals surface area contributed by atoms with Gasteiger partial charge < -0.3 is 34.0 Å². The number of non-ortho nitro benzene ring substituents is 1. The summed E-state index contributed by atoms with van der Waals surface area (Å²) in [6.07, 6.45) is 7.47. The summed E-state index contributed by atoms with van der Waals surface area (Å²) < 4.78 is 40.3. The molecular weight excluding hydrogens is 810 g/mol. The number of amides is 1. The number of fused-ring (bicyclic) bond motifs is 2. The number of rotatable bonds is 20. The Morgan fingerprint density at radius 3 is 2.43 bits per heavy atom. The standard InChI is InChI=1S/C49H54FN3O10/c1-3-26-60-49-45(52(48(56)59-2)31-33-18-20-36(50)21-19-33)30-43(51-61-32-34-12-5-4-6-13-34)41-27-35(14-7-9-24-54)40(17-8-10-25-55)46(47(41)49)42-29-39(22-23-44(42)63-49)62-38-16-11-15-37(28-38)53(57)58/h3-6,11-13,15-16,18-23,27-29,35,40,45-47,54-55H,1,7-10,14,17,24-26,30-32H2,2H3/t35-,40+,45-,46+,47+,49+/m0/s1. The summed E-state index contributed by atoms with van der Waals surface area (Å²) in [5, 5.41) is 36.4. The second-order valence-corrected chi connectivity index (χ2v) is 16.1. The number of hydrogen-bond acceptors (Lipinski definition) is 11. The topological polar surface area (TPSA) is 162 Å². The molecule has 2 aliphatic carbocycles. The minimum Gasteiger partial charge on any atom is -0.459 e. The Labute approximate surface area is 366 Å². The lowest BCUT2D eigenvalue weighted by Gasteiger charge is -2.59. The zero-order chi connectivity index (χ0) is 44.3. The lowest BCUT2D eigenvalue weighted by molar-refractivity contribution is -0.384. The molecule has 0 saturated heterocycles. The maximum atomic E-state index is 14.2. The number of methoxy groups -OCH3 is 1. The first-order valence-electron chi connectivity index (χ1n) is 21.4. The van der Waals surface area contributed by atoms with Crippen LogP contribution in [-0.4, -0.2) is 70.6 Å². The van der Waals surface area contributed by atoms with Gasteiger partial charge in [0.2, 0.25) is 5.79 Å². The van der Waals surface area contributed by atoms with Gasteiger partial charge in [0.15, 0.2) is 0 Å². The molecule has 1 amide bonds. The fourth-order valence-corrected chi connectivity index (χ4v) is 9.47. The molecule has 0 aromatic heterocycles. The van der Waals surface area contributed by atoms with Gasteiger partial charge in [-0.25, -0.2) is 9.18 Å². The van der Waals surface area contributed by atoms with Gasteiger partial charge in [-0.1, -0.05) is 78.7 Å². The van der Waals surface area contributed by atoms with Crippen molar-refractivity contribution >= 4 is 17.5 Å². The van der Waals surface area contributed by atoms with Gasteiger partial charge in [0, 0.05) is 43.7 Å². The van der Waals surface area contributed by atoms with E-state index in [4.69, 9.17) is 28.9 Å². The molecule has 0 spiro atoms. The number of carbonyl (C=O) groups is 1. The largest absolute Gasteiger partial charge is 0.459 e. The summed E-state index contributed by atoms with van der Waals surface area (Å²) in [6.45, 7) is 4.31. The average molecular weight is 864 g/mol. The number of halogens is 1. The Balaban J connectivity index is 1.45. The molecule has 2 N–H and O–H groups in total. The zero-order valence-electron chi connectivity index (χ0n) is 35.4. The highest BCUT2D eigenvalue weighted by Gasteiger charge is 2.65. The van der Waals surface area contributed by atoms with Crippen LogP contribution in [0.5, 0.6) is 17.2 Å². The maximum Gasteiger partial charge on any atom is 0.410 e. The highest BCUT2D eigenvalue weighted by molar-refractivity contribution is 6.03. The summed E-state index contributed by atoms with van der Waals surface area (Å²) >= 11 is 0. The number of ether oxygens (including phenoxy) is 4. The van der Waals surface area contributed by atoms with Crippen molar-refractivity contribution in [3.63, 3.8) is 0 Å². The van der Waals surface area contributed by atoms with Crippen LogP contribution in [0.4, 0.5) is 14.9 Å². The first-order valence-corrected chi connectivity index (χ1v) is 21.4. The second kappa shape index (κ2) is 20.9. The van der Waals surface area contributed by atoms with E-state index in [1.165, 1.54) is 31.4 Å². The van der Waals surface area contributed by atoms with Gasteiger partial charge in [0.25, 0.3) is 5.69 Å². The predicted octanol–water partition coefficient (Wildman–Crippen LogP) is 9.63. The Hall–Kier alpha value is -6.09. The van der Waals surface area contributed by atoms with Crippen LogP contribution in [-0.2, 0) is 27.5 Å². The monoisotopic (exact) mass is 863 g/mol. The molecule has 14 heteroatoms.